The molecule has 2 aromatic rings. The maximum Gasteiger partial charge on any atom is 0.153 e. The van der Waals surface area contributed by atoms with Gasteiger partial charge in [0, 0.05) is 18.8 Å². The van der Waals surface area contributed by atoms with Gasteiger partial charge in [-0.05, 0) is 18.2 Å². The van der Waals surface area contributed by atoms with Crippen molar-refractivity contribution < 1.29 is 9.18 Å². The molecule has 2 rings (SSSR count). The number of aromatic nitrogens is 2. The first-order valence-corrected chi connectivity index (χ1v) is 4.94. The van der Waals surface area contributed by atoms with Crippen LogP contribution < -0.4 is 0 Å². The first-order chi connectivity index (χ1) is 7.61. The number of aryl methyl sites for hydroxylation is 1. The Kier molecular flexibility index (Phi) is 2.75. The second-order valence-corrected chi connectivity index (χ2v) is 3.76. The summed E-state index contributed by atoms with van der Waals surface area (Å²) in [6, 6.07) is 3.98. The van der Waals surface area contributed by atoms with Gasteiger partial charge in [0.1, 0.15) is 11.5 Å². The highest BCUT2D eigenvalue weighted by atomic mass is 35.5. The largest absolute Gasteiger partial charge is 0.298 e. The van der Waals surface area contributed by atoms with E-state index in [9.17, 15) is 9.18 Å². The van der Waals surface area contributed by atoms with Crippen LogP contribution in [-0.2, 0) is 7.05 Å². The van der Waals surface area contributed by atoms with E-state index in [1.54, 1.807) is 13.2 Å². The summed E-state index contributed by atoms with van der Waals surface area (Å²) >= 11 is 5.90. The molecular weight excluding hydrogens is 231 g/mol. The SMILES string of the molecule is Cn1cc(C=O)c(-c2ccc(F)cc2Cl)n1. The number of benzene rings is 1. The van der Waals surface area contributed by atoms with Gasteiger partial charge < -0.3 is 0 Å². The molecule has 1 aromatic carbocycles. The van der Waals surface area contributed by atoms with Crippen molar-refractivity contribution in [3.63, 3.8) is 0 Å². The van der Waals surface area contributed by atoms with Crippen molar-refractivity contribution >= 4 is 17.9 Å². The lowest BCUT2D eigenvalue weighted by molar-refractivity contribution is 0.112. The molecular formula is C11H8ClFN2O. The minimum absolute atomic E-state index is 0.238. The molecule has 0 spiro atoms. The fourth-order valence-electron chi connectivity index (χ4n) is 1.48. The highest BCUT2D eigenvalue weighted by Gasteiger charge is 2.12. The first-order valence-electron chi connectivity index (χ1n) is 4.56. The van der Waals surface area contributed by atoms with Crippen molar-refractivity contribution in [3.05, 3.63) is 40.8 Å². The lowest BCUT2D eigenvalue weighted by Gasteiger charge is -2.01. The zero-order valence-corrected chi connectivity index (χ0v) is 9.20. The van der Waals surface area contributed by atoms with Crippen LogP contribution in [0, 0.1) is 5.82 Å². The van der Waals surface area contributed by atoms with Gasteiger partial charge in [0.05, 0.1) is 10.6 Å². The Morgan fingerprint density at radius 3 is 2.88 bits per heavy atom. The summed E-state index contributed by atoms with van der Waals surface area (Å²) in [7, 11) is 1.70. The molecule has 0 aliphatic rings. The molecule has 0 unspecified atom stereocenters. The first kappa shape index (κ1) is 10.8. The number of aldehydes is 1. The Morgan fingerprint density at radius 1 is 1.50 bits per heavy atom. The molecule has 0 atom stereocenters. The Hall–Kier alpha value is -1.68. The van der Waals surface area contributed by atoms with Crippen molar-refractivity contribution in [2.24, 2.45) is 7.05 Å². The average Bonchev–Trinajstić information content (AvgIpc) is 2.59. The van der Waals surface area contributed by atoms with Crippen LogP contribution in [0.25, 0.3) is 11.3 Å². The van der Waals surface area contributed by atoms with Crippen molar-refractivity contribution in [2.75, 3.05) is 0 Å². The molecule has 82 valence electrons. The van der Waals surface area contributed by atoms with Gasteiger partial charge in [-0.1, -0.05) is 11.6 Å². The molecule has 1 aromatic heterocycles. The normalized spacial score (nSPS) is 10.4. The van der Waals surface area contributed by atoms with Crippen LogP contribution in [-0.4, -0.2) is 16.1 Å². The Morgan fingerprint density at radius 2 is 2.25 bits per heavy atom. The van der Waals surface area contributed by atoms with Gasteiger partial charge in [0.15, 0.2) is 6.29 Å². The molecule has 3 nitrogen and oxygen atoms in total. The van der Waals surface area contributed by atoms with Gasteiger partial charge in [0.25, 0.3) is 0 Å². The summed E-state index contributed by atoms with van der Waals surface area (Å²) in [4.78, 5) is 10.8. The third kappa shape index (κ3) is 1.84. The van der Waals surface area contributed by atoms with Gasteiger partial charge in [-0.25, -0.2) is 4.39 Å². The van der Waals surface area contributed by atoms with E-state index < -0.39 is 5.82 Å². The van der Waals surface area contributed by atoms with Crippen LogP contribution in [0.4, 0.5) is 4.39 Å². The summed E-state index contributed by atoms with van der Waals surface area (Å²) in [5.41, 5.74) is 1.43. The third-order valence-electron chi connectivity index (χ3n) is 2.17. The van der Waals surface area contributed by atoms with Gasteiger partial charge in [-0.2, -0.15) is 5.10 Å². The van der Waals surface area contributed by atoms with Gasteiger partial charge >= 0.3 is 0 Å². The van der Waals surface area contributed by atoms with Crippen LogP contribution in [0.15, 0.2) is 24.4 Å². The van der Waals surface area contributed by atoms with E-state index in [1.165, 1.54) is 22.9 Å². The van der Waals surface area contributed by atoms with E-state index in [0.717, 1.165) is 0 Å². The fraction of sp³-hybridized carbons (Fsp3) is 0.0909. The summed E-state index contributed by atoms with van der Waals surface area (Å²) in [5, 5.41) is 4.36. The quantitative estimate of drug-likeness (QED) is 0.754. The van der Waals surface area contributed by atoms with Gasteiger partial charge in [-0.15, -0.1) is 0 Å². The molecule has 0 bridgehead atoms. The smallest absolute Gasteiger partial charge is 0.153 e. The molecule has 0 saturated carbocycles. The Bertz CT molecular complexity index is 551. The van der Waals surface area contributed by atoms with Gasteiger partial charge in [0.2, 0.25) is 0 Å². The predicted molar refractivity (Wildman–Crippen MR) is 59.0 cm³/mol. The van der Waals surface area contributed by atoms with Crippen molar-refractivity contribution in [2.45, 2.75) is 0 Å². The average molecular weight is 239 g/mol. The zero-order valence-electron chi connectivity index (χ0n) is 8.45. The Labute approximate surface area is 96.5 Å². The van der Waals surface area contributed by atoms with Crippen LogP contribution >= 0.6 is 11.6 Å². The fourth-order valence-corrected chi connectivity index (χ4v) is 1.74. The van der Waals surface area contributed by atoms with Crippen molar-refractivity contribution in [1.29, 1.82) is 0 Å². The summed E-state index contributed by atoms with van der Waals surface area (Å²) < 4.78 is 14.4. The van der Waals surface area contributed by atoms with Crippen LogP contribution in [0.3, 0.4) is 0 Å². The maximum absolute atomic E-state index is 12.9. The zero-order chi connectivity index (χ0) is 11.7. The molecule has 0 radical (unpaired) electrons. The topological polar surface area (TPSA) is 34.9 Å². The molecule has 0 aliphatic heterocycles. The van der Waals surface area contributed by atoms with Crippen molar-refractivity contribution in [3.8, 4) is 11.3 Å². The van der Waals surface area contributed by atoms with Gasteiger partial charge in [-0.3, -0.25) is 9.48 Å². The number of hydrogen-bond donors (Lipinski definition) is 0. The van der Waals surface area contributed by atoms with E-state index in [4.69, 9.17) is 11.6 Å². The molecule has 0 amide bonds. The Balaban J connectivity index is 2.62. The lowest BCUT2D eigenvalue weighted by Crippen LogP contribution is -1.89. The maximum atomic E-state index is 12.9. The van der Waals surface area contributed by atoms with E-state index in [1.807, 2.05) is 0 Å². The number of rotatable bonds is 2. The molecule has 1 heterocycles. The minimum Gasteiger partial charge on any atom is -0.298 e. The predicted octanol–water partition coefficient (Wildman–Crippen LogP) is 2.69. The van der Waals surface area contributed by atoms with E-state index in [2.05, 4.69) is 5.10 Å². The monoisotopic (exact) mass is 238 g/mol. The van der Waals surface area contributed by atoms with Crippen LogP contribution in [0.1, 0.15) is 10.4 Å². The highest BCUT2D eigenvalue weighted by Crippen LogP contribution is 2.29. The number of carbonyl (C=O) groups excluding carboxylic acids is 1. The molecule has 0 N–H and O–H groups in total. The standard InChI is InChI=1S/C11H8ClFN2O/c1-15-5-7(6-16)11(14-15)9-3-2-8(13)4-10(9)12/h2-6H,1H3. The summed E-state index contributed by atoms with van der Waals surface area (Å²) in [5.74, 6) is -0.419. The summed E-state index contributed by atoms with van der Waals surface area (Å²) in [6.45, 7) is 0. The number of nitrogens with zero attached hydrogens (tertiary/aromatic N) is 2. The molecule has 16 heavy (non-hydrogen) atoms. The highest BCUT2D eigenvalue weighted by molar-refractivity contribution is 6.33. The molecule has 0 saturated heterocycles. The van der Waals surface area contributed by atoms with Crippen LogP contribution in [0.2, 0.25) is 5.02 Å². The molecule has 0 aliphatic carbocycles. The minimum atomic E-state index is -0.419. The molecule has 0 fully saturated rings. The second kappa shape index (κ2) is 4.06. The second-order valence-electron chi connectivity index (χ2n) is 3.35. The molecule has 5 heteroatoms. The van der Waals surface area contributed by atoms with Crippen molar-refractivity contribution in [1.82, 2.24) is 9.78 Å². The summed E-state index contributed by atoms with van der Waals surface area (Å²) in [6.07, 6.45) is 2.28. The van der Waals surface area contributed by atoms with E-state index >= 15 is 0 Å². The van der Waals surface area contributed by atoms with Crippen LogP contribution in [0.5, 0.6) is 0 Å². The number of halogens is 2. The van der Waals surface area contributed by atoms with E-state index in [-0.39, 0.29) is 5.02 Å². The van der Waals surface area contributed by atoms with E-state index in [0.29, 0.717) is 23.1 Å². The number of hydrogen-bond acceptors (Lipinski definition) is 2. The lowest BCUT2D eigenvalue weighted by atomic mass is 10.1. The third-order valence-corrected chi connectivity index (χ3v) is 2.48. The number of carbonyl (C=O) groups is 1.